The van der Waals surface area contributed by atoms with E-state index in [1.807, 2.05) is 54.6 Å². The molecule has 0 saturated carbocycles. The van der Waals surface area contributed by atoms with E-state index >= 15 is 0 Å². The van der Waals surface area contributed by atoms with Gasteiger partial charge in [-0.3, -0.25) is 4.79 Å². The van der Waals surface area contributed by atoms with Gasteiger partial charge in [0.1, 0.15) is 5.75 Å². The summed E-state index contributed by atoms with van der Waals surface area (Å²) in [7, 11) is 1.64. The Labute approximate surface area is 150 Å². The van der Waals surface area contributed by atoms with Crippen LogP contribution < -0.4 is 10.1 Å². The molecular formula is C21H27NO3. The van der Waals surface area contributed by atoms with Crippen LogP contribution in [0.5, 0.6) is 5.75 Å². The van der Waals surface area contributed by atoms with Crippen LogP contribution in [0.15, 0.2) is 54.6 Å². The van der Waals surface area contributed by atoms with E-state index < -0.39 is 0 Å². The molecule has 0 saturated heterocycles. The first kappa shape index (κ1) is 19.0. The van der Waals surface area contributed by atoms with Crippen LogP contribution in [0.25, 0.3) is 0 Å². The first-order chi connectivity index (χ1) is 12.1. The fraction of sp³-hybridized carbons (Fsp3) is 0.381. The van der Waals surface area contributed by atoms with Gasteiger partial charge in [-0.05, 0) is 29.2 Å². The van der Waals surface area contributed by atoms with Gasteiger partial charge in [-0.15, -0.1) is 0 Å². The summed E-state index contributed by atoms with van der Waals surface area (Å²) in [5.74, 6) is 1.25. The van der Waals surface area contributed by atoms with E-state index in [1.165, 1.54) is 0 Å². The molecule has 2 rings (SSSR count). The Morgan fingerprint density at radius 2 is 1.64 bits per heavy atom. The fourth-order valence-corrected chi connectivity index (χ4v) is 2.52. The monoisotopic (exact) mass is 341 g/mol. The summed E-state index contributed by atoms with van der Waals surface area (Å²) in [5, 5.41) is 3.12. The summed E-state index contributed by atoms with van der Waals surface area (Å²) in [4.78, 5) is 12.4. The van der Waals surface area contributed by atoms with Crippen LogP contribution in [0.2, 0.25) is 0 Å². The van der Waals surface area contributed by atoms with E-state index in [0.717, 1.165) is 16.9 Å². The third-order valence-corrected chi connectivity index (χ3v) is 3.81. The molecule has 2 aromatic rings. The van der Waals surface area contributed by atoms with Gasteiger partial charge in [-0.2, -0.15) is 0 Å². The summed E-state index contributed by atoms with van der Waals surface area (Å²) < 4.78 is 10.7. The molecule has 0 aliphatic heterocycles. The highest BCUT2D eigenvalue weighted by Crippen LogP contribution is 2.24. The molecule has 0 aliphatic rings. The maximum Gasteiger partial charge on any atom is 0.223 e. The normalized spacial score (nSPS) is 12.0. The van der Waals surface area contributed by atoms with E-state index in [2.05, 4.69) is 19.2 Å². The number of benzene rings is 2. The molecule has 0 unspecified atom stereocenters. The van der Waals surface area contributed by atoms with E-state index in [0.29, 0.717) is 25.6 Å². The molecular weight excluding hydrogens is 314 g/mol. The van der Waals surface area contributed by atoms with Crippen LogP contribution in [-0.2, 0) is 9.53 Å². The number of ether oxygens (including phenoxy) is 2. The van der Waals surface area contributed by atoms with Crippen LogP contribution in [0.1, 0.15) is 37.4 Å². The summed E-state index contributed by atoms with van der Waals surface area (Å²) in [6, 6.07) is 17.5. The third kappa shape index (κ3) is 6.24. The molecule has 0 spiro atoms. The van der Waals surface area contributed by atoms with Crippen LogP contribution >= 0.6 is 0 Å². The van der Waals surface area contributed by atoms with Gasteiger partial charge in [-0.25, -0.2) is 0 Å². The average Bonchev–Trinajstić information content (AvgIpc) is 2.64. The topological polar surface area (TPSA) is 47.6 Å². The number of rotatable bonds is 9. The van der Waals surface area contributed by atoms with Crippen molar-refractivity contribution in [2.45, 2.75) is 26.3 Å². The third-order valence-electron chi connectivity index (χ3n) is 3.81. The summed E-state index contributed by atoms with van der Waals surface area (Å²) in [6.07, 6.45) is 0.353. The lowest BCUT2D eigenvalue weighted by atomic mass is 9.98. The zero-order valence-electron chi connectivity index (χ0n) is 15.2. The Hall–Kier alpha value is -2.33. The predicted octanol–water partition coefficient (Wildman–Crippen LogP) is 3.96. The van der Waals surface area contributed by atoms with Crippen LogP contribution in [-0.4, -0.2) is 26.2 Å². The van der Waals surface area contributed by atoms with Crippen LogP contribution in [0.3, 0.4) is 0 Å². The van der Waals surface area contributed by atoms with Crippen LogP contribution in [0, 0.1) is 5.92 Å². The van der Waals surface area contributed by atoms with Gasteiger partial charge in [0.25, 0.3) is 0 Å². The van der Waals surface area contributed by atoms with Gasteiger partial charge in [0.2, 0.25) is 5.91 Å². The van der Waals surface area contributed by atoms with Gasteiger partial charge in [0.05, 0.1) is 19.8 Å². The molecule has 1 N–H and O–H groups in total. The predicted molar refractivity (Wildman–Crippen MR) is 99.7 cm³/mol. The van der Waals surface area contributed by atoms with Gasteiger partial charge in [0, 0.05) is 13.0 Å². The molecule has 25 heavy (non-hydrogen) atoms. The smallest absolute Gasteiger partial charge is 0.223 e. The Balaban J connectivity index is 2.06. The fourth-order valence-electron chi connectivity index (χ4n) is 2.52. The standard InChI is InChI=1S/C21H27NO3/c1-16(2)15-25-14-13-20(23)22-21(17-7-5-4-6-8-17)18-9-11-19(24-3)12-10-18/h4-12,16,21H,13-15H2,1-3H3,(H,22,23)/t21-/m1/s1. The zero-order chi connectivity index (χ0) is 18.1. The molecule has 2 aromatic carbocycles. The minimum atomic E-state index is -0.190. The van der Waals surface area contributed by atoms with Gasteiger partial charge < -0.3 is 14.8 Å². The largest absolute Gasteiger partial charge is 0.497 e. The highest BCUT2D eigenvalue weighted by Gasteiger charge is 2.16. The van der Waals surface area contributed by atoms with Crippen molar-refractivity contribution < 1.29 is 14.3 Å². The molecule has 134 valence electrons. The van der Waals surface area contributed by atoms with Crippen molar-refractivity contribution in [2.75, 3.05) is 20.3 Å². The summed E-state index contributed by atoms with van der Waals surface area (Å²) in [6.45, 7) is 5.30. The minimum Gasteiger partial charge on any atom is -0.497 e. The first-order valence-electron chi connectivity index (χ1n) is 8.66. The van der Waals surface area contributed by atoms with E-state index in [9.17, 15) is 4.79 Å². The SMILES string of the molecule is COc1ccc([C@H](NC(=O)CCOCC(C)C)c2ccccc2)cc1. The lowest BCUT2D eigenvalue weighted by Gasteiger charge is -2.20. The highest BCUT2D eigenvalue weighted by atomic mass is 16.5. The van der Waals surface area contributed by atoms with Crippen molar-refractivity contribution in [3.63, 3.8) is 0 Å². The zero-order valence-corrected chi connectivity index (χ0v) is 15.2. The second-order valence-corrected chi connectivity index (χ2v) is 6.40. The lowest BCUT2D eigenvalue weighted by molar-refractivity contribution is -0.122. The average molecular weight is 341 g/mol. The molecule has 0 heterocycles. The molecule has 1 atom stereocenters. The number of carbonyl (C=O) groups excluding carboxylic acids is 1. The molecule has 0 aliphatic carbocycles. The lowest BCUT2D eigenvalue weighted by Crippen LogP contribution is -2.30. The van der Waals surface area contributed by atoms with Gasteiger partial charge in [0.15, 0.2) is 0 Å². The van der Waals surface area contributed by atoms with Crippen molar-refractivity contribution in [3.8, 4) is 5.75 Å². The van der Waals surface area contributed by atoms with Crippen molar-refractivity contribution in [1.29, 1.82) is 0 Å². The first-order valence-corrected chi connectivity index (χ1v) is 8.66. The van der Waals surface area contributed by atoms with E-state index in [1.54, 1.807) is 7.11 Å². The number of hydrogen-bond donors (Lipinski definition) is 1. The molecule has 0 aromatic heterocycles. The quantitative estimate of drug-likeness (QED) is 0.702. The molecule has 4 heteroatoms. The van der Waals surface area contributed by atoms with Crippen molar-refractivity contribution in [3.05, 3.63) is 65.7 Å². The molecule has 0 fully saturated rings. The Bertz CT molecular complexity index is 638. The Kier molecular flexibility index (Phi) is 7.48. The van der Waals surface area contributed by atoms with E-state index in [-0.39, 0.29) is 11.9 Å². The maximum absolute atomic E-state index is 12.4. The van der Waals surface area contributed by atoms with Crippen molar-refractivity contribution >= 4 is 5.91 Å². The Morgan fingerprint density at radius 1 is 1.00 bits per heavy atom. The van der Waals surface area contributed by atoms with E-state index in [4.69, 9.17) is 9.47 Å². The number of hydrogen-bond acceptors (Lipinski definition) is 3. The molecule has 1 amide bonds. The van der Waals surface area contributed by atoms with Crippen molar-refractivity contribution in [1.82, 2.24) is 5.32 Å². The number of methoxy groups -OCH3 is 1. The van der Waals surface area contributed by atoms with Crippen molar-refractivity contribution in [2.24, 2.45) is 5.92 Å². The van der Waals surface area contributed by atoms with Crippen LogP contribution in [0.4, 0.5) is 0 Å². The second kappa shape index (κ2) is 9.84. The summed E-state index contributed by atoms with van der Waals surface area (Å²) in [5.41, 5.74) is 2.06. The van der Waals surface area contributed by atoms with Gasteiger partial charge >= 0.3 is 0 Å². The summed E-state index contributed by atoms with van der Waals surface area (Å²) >= 11 is 0. The van der Waals surface area contributed by atoms with Gasteiger partial charge in [-0.1, -0.05) is 56.3 Å². The number of amides is 1. The highest BCUT2D eigenvalue weighted by molar-refractivity contribution is 5.77. The number of carbonyl (C=O) groups is 1. The number of nitrogens with one attached hydrogen (secondary N) is 1. The molecule has 0 bridgehead atoms. The molecule has 4 nitrogen and oxygen atoms in total. The Morgan fingerprint density at radius 3 is 2.24 bits per heavy atom. The second-order valence-electron chi connectivity index (χ2n) is 6.40. The molecule has 0 radical (unpaired) electrons. The minimum absolute atomic E-state index is 0.0200. The maximum atomic E-state index is 12.4.